The highest BCUT2D eigenvalue weighted by Crippen LogP contribution is 2.08. The summed E-state index contributed by atoms with van der Waals surface area (Å²) in [5, 5.41) is 6.38. The number of hydrogen-bond acceptors (Lipinski definition) is 3. The van der Waals surface area contributed by atoms with Crippen LogP contribution in [0.3, 0.4) is 0 Å². The van der Waals surface area contributed by atoms with Crippen molar-refractivity contribution in [2.45, 2.75) is 52.4 Å². The molecule has 0 aliphatic carbocycles. The number of nitrogens with one attached hydrogen (secondary N) is 2. The Morgan fingerprint density at radius 1 is 1.19 bits per heavy atom. The predicted molar refractivity (Wildman–Crippen MR) is 113 cm³/mol. The van der Waals surface area contributed by atoms with E-state index in [1.165, 1.54) is 25.7 Å². The quantitative estimate of drug-likeness (QED) is 0.335. The van der Waals surface area contributed by atoms with Crippen molar-refractivity contribution in [1.29, 1.82) is 0 Å². The zero-order valence-corrected chi connectivity index (χ0v) is 17.5. The molecule has 0 aromatic carbocycles. The van der Waals surface area contributed by atoms with E-state index in [-0.39, 0.29) is 12.5 Å². The number of carbonyl (C=O) groups is 1. The van der Waals surface area contributed by atoms with Gasteiger partial charge < -0.3 is 15.5 Å². The Labute approximate surface area is 164 Å². The highest BCUT2D eigenvalue weighted by atomic mass is 16.2. The molecule has 1 aromatic heterocycles. The highest BCUT2D eigenvalue weighted by Gasteiger charge is 2.09. The standard InChI is InChI=1S/C21H37N5O/c1-18(2)11-7-5-6-9-15-24-21(22-3)25-17-20(27)26(4)16-13-19-12-8-10-14-23-19/h8,10,12,14,18H,5-7,9,11,13,15-17H2,1-4H3,(H2,22,24,25). The van der Waals surface area contributed by atoms with Gasteiger partial charge in [0.2, 0.25) is 5.91 Å². The van der Waals surface area contributed by atoms with E-state index in [0.29, 0.717) is 12.5 Å². The van der Waals surface area contributed by atoms with Crippen molar-refractivity contribution in [3.8, 4) is 0 Å². The number of rotatable bonds is 12. The van der Waals surface area contributed by atoms with Crippen molar-refractivity contribution in [3.05, 3.63) is 30.1 Å². The number of aliphatic imine (C=N–C) groups is 1. The molecule has 6 nitrogen and oxygen atoms in total. The summed E-state index contributed by atoms with van der Waals surface area (Å²) in [5.41, 5.74) is 0.996. The number of likely N-dealkylation sites (N-methyl/N-ethyl adjacent to an activating group) is 1. The van der Waals surface area contributed by atoms with Crippen molar-refractivity contribution in [2.24, 2.45) is 10.9 Å². The summed E-state index contributed by atoms with van der Waals surface area (Å²) in [6, 6.07) is 5.84. The van der Waals surface area contributed by atoms with Crippen LogP contribution < -0.4 is 10.6 Å². The molecule has 0 atom stereocenters. The topological polar surface area (TPSA) is 69.6 Å². The zero-order valence-electron chi connectivity index (χ0n) is 17.5. The fraction of sp³-hybridized carbons (Fsp3) is 0.667. The number of aromatic nitrogens is 1. The first-order chi connectivity index (χ1) is 13.0. The molecule has 0 radical (unpaired) electrons. The van der Waals surface area contributed by atoms with Crippen LogP contribution in [-0.2, 0) is 11.2 Å². The van der Waals surface area contributed by atoms with Gasteiger partial charge in [-0.25, -0.2) is 0 Å². The Balaban J connectivity index is 2.14. The molecule has 6 heteroatoms. The van der Waals surface area contributed by atoms with Crippen LogP contribution >= 0.6 is 0 Å². The second kappa shape index (κ2) is 14.0. The molecule has 1 heterocycles. The van der Waals surface area contributed by atoms with Gasteiger partial charge in [0, 0.05) is 45.5 Å². The van der Waals surface area contributed by atoms with Crippen molar-refractivity contribution >= 4 is 11.9 Å². The lowest BCUT2D eigenvalue weighted by atomic mass is 10.0. The van der Waals surface area contributed by atoms with E-state index in [1.807, 2.05) is 25.2 Å². The summed E-state index contributed by atoms with van der Waals surface area (Å²) in [4.78, 5) is 22.4. The molecule has 0 saturated heterocycles. The van der Waals surface area contributed by atoms with Crippen molar-refractivity contribution in [2.75, 3.05) is 33.7 Å². The molecule has 0 spiro atoms. The molecule has 152 valence electrons. The summed E-state index contributed by atoms with van der Waals surface area (Å²) >= 11 is 0. The van der Waals surface area contributed by atoms with E-state index in [2.05, 4.69) is 34.5 Å². The summed E-state index contributed by atoms with van der Waals surface area (Å²) in [5.74, 6) is 1.52. The number of guanidine groups is 1. The average Bonchev–Trinajstić information content (AvgIpc) is 2.67. The number of amides is 1. The lowest BCUT2D eigenvalue weighted by molar-refractivity contribution is -0.128. The molecule has 1 rings (SSSR count). The molecular formula is C21H37N5O. The van der Waals surface area contributed by atoms with Crippen molar-refractivity contribution in [3.63, 3.8) is 0 Å². The smallest absolute Gasteiger partial charge is 0.241 e. The normalized spacial score (nSPS) is 11.5. The van der Waals surface area contributed by atoms with Gasteiger partial charge in [-0.1, -0.05) is 45.6 Å². The fourth-order valence-corrected chi connectivity index (χ4v) is 2.71. The summed E-state index contributed by atoms with van der Waals surface area (Å²) in [7, 11) is 3.55. The maximum atomic E-state index is 12.2. The van der Waals surface area contributed by atoms with Gasteiger partial charge in [0.1, 0.15) is 0 Å². The van der Waals surface area contributed by atoms with E-state index >= 15 is 0 Å². The molecule has 27 heavy (non-hydrogen) atoms. The molecule has 0 bridgehead atoms. The van der Waals surface area contributed by atoms with Gasteiger partial charge in [-0.2, -0.15) is 0 Å². The minimum atomic E-state index is 0.0440. The van der Waals surface area contributed by atoms with E-state index in [0.717, 1.165) is 31.0 Å². The van der Waals surface area contributed by atoms with E-state index < -0.39 is 0 Å². The summed E-state index contributed by atoms with van der Waals surface area (Å²) in [6.45, 7) is 6.32. The van der Waals surface area contributed by atoms with Gasteiger partial charge in [0.15, 0.2) is 5.96 Å². The Bertz CT molecular complexity index is 545. The van der Waals surface area contributed by atoms with Gasteiger partial charge in [0.05, 0.1) is 6.54 Å². The SMILES string of the molecule is CN=C(NCCCCCCC(C)C)NCC(=O)N(C)CCc1ccccn1. The van der Waals surface area contributed by atoms with Crippen molar-refractivity contribution < 1.29 is 4.79 Å². The predicted octanol–water partition coefficient (Wildman–Crippen LogP) is 2.85. The number of unbranched alkanes of at least 4 members (excludes halogenated alkanes) is 3. The lowest BCUT2D eigenvalue weighted by Crippen LogP contribution is -2.44. The minimum Gasteiger partial charge on any atom is -0.356 e. The molecule has 0 fully saturated rings. The first kappa shape index (κ1) is 22.9. The Morgan fingerprint density at radius 3 is 2.63 bits per heavy atom. The van der Waals surface area contributed by atoms with Gasteiger partial charge in [0.25, 0.3) is 0 Å². The van der Waals surface area contributed by atoms with E-state index in [9.17, 15) is 4.79 Å². The van der Waals surface area contributed by atoms with Gasteiger partial charge in [-0.3, -0.25) is 14.8 Å². The second-order valence-electron chi connectivity index (χ2n) is 7.34. The van der Waals surface area contributed by atoms with E-state index in [4.69, 9.17) is 0 Å². The molecular weight excluding hydrogens is 338 g/mol. The summed E-state index contributed by atoms with van der Waals surface area (Å²) in [6.07, 6.45) is 8.79. The first-order valence-corrected chi connectivity index (χ1v) is 10.1. The largest absolute Gasteiger partial charge is 0.356 e. The van der Waals surface area contributed by atoms with E-state index in [1.54, 1.807) is 18.1 Å². The average molecular weight is 376 g/mol. The maximum absolute atomic E-state index is 12.2. The number of nitrogens with zero attached hydrogens (tertiary/aromatic N) is 3. The third-order valence-corrected chi connectivity index (χ3v) is 4.49. The van der Waals surface area contributed by atoms with Crippen LogP contribution in [0, 0.1) is 5.92 Å². The maximum Gasteiger partial charge on any atom is 0.241 e. The monoisotopic (exact) mass is 375 g/mol. The second-order valence-corrected chi connectivity index (χ2v) is 7.34. The van der Waals surface area contributed by atoms with Gasteiger partial charge >= 0.3 is 0 Å². The minimum absolute atomic E-state index is 0.0440. The number of hydrogen-bond donors (Lipinski definition) is 2. The van der Waals surface area contributed by atoms with Gasteiger partial charge in [-0.15, -0.1) is 0 Å². The Kier molecular flexibility index (Phi) is 11.9. The molecule has 0 saturated carbocycles. The van der Waals surface area contributed by atoms with Crippen LogP contribution in [0.5, 0.6) is 0 Å². The Morgan fingerprint density at radius 2 is 1.96 bits per heavy atom. The van der Waals surface area contributed by atoms with Crippen molar-refractivity contribution in [1.82, 2.24) is 20.5 Å². The Hall–Kier alpha value is -2.11. The number of pyridine rings is 1. The van der Waals surface area contributed by atoms with Crippen LogP contribution in [-0.4, -0.2) is 55.5 Å². The zero-order chi connectivity index (χ0) is 19.9. The molecule has 1 amide bonds. The lowest BCUT2D eigenvalue weighted by Gasteiger charge is -2.18. The molecule has 0 aliphatic rings. The number of carbonyl (C=O) groups excluding carboxylic acids is 1. The molecule has 1 aromatic rings. The van der Waals surface area contributed by atoms with Crippen LogP contribution in [0.25, 0.3) is 0 Å². The molecule has 2 N–H and O–H groups in total. The highest BCUT2D eigenvalue weighted by molar-refractivity contribution is 5.86. The summed E-state index contributed by atoms with van der Waals surface area (Å²) < 4.78 is 0. The van der Waals surface area contributed by atoms with Crippen LogP contribution in [0.4, 0.5) is 0 Å². The van der Waals surface area contributed by atoms with Crippen LogP contribution in [0.1, 0.15) is 51.6 Å². The third kappa shape index (κ3) is 11.3. The van der Waals surface area contributed by atoms with Crippen LogP contribution in [0.15, 0.2) is 29.4 Å². The van der Waals surface area contributed by atoms with Gasteiger partial charge in [-0.05, 0) is 24.5 Å². The third-order valence-electron chi connectivity index (χ3n) is 4.49. The molecule has 0 unspecified atom stereocenters. The fourth-order valence-electron chi connectivity index (χ4n) is 2.71. The first-order valence-electron chi connectivity index (χ1n) is 10.1. The molecule has 0 aliphatic heterocycles. The van der Waals surface area contributed by atoms with Crippen LogP contribution in [0.2, 0.25) is 0 Å².